The number of hydrogen-bond donors (Lipinski definition) is 1. The van der Waals surface area contributed by atoms with Crippen molar-refractivity contribution in [1.29, 1.82) is 0 Å². The van der Waals surface area contributed by atoms with Crippen LogP contribution in [-0.2, 0) is 26.2 Å². The van der Waals surface area contributed by atoms with Gasteiger partial charge in [0.15, 0.2) is 0 Å². The van der Waals surface area contributed by atoms with Crippen molar-refractivity contribution in [2.75, 3.05) is 10.8 Å². The maximum atomic E-state index is 14.0. The molecule has 214 valence electrons. The third kappa shape index (κ3) is 8.13. The van der Waals surface area contributed by atoms with Crippen molar-refractivity contribution in [3.05, 3.63) is 92.9 Å². The van der Waals surface area contributed by atoms with Crippen LogP contribution in [0.15, 0.2) is 71.6 Å². The van der Waals surface area contributed by atoms with E-state index in [-0.39, 0.29) is 17.3 Å². The number of hydrogen-bond acceptors (Lipinski definition) is 4. The van der Waals surface area contributed by atoms with E-state index in [9.17, 15) is 18.0 Å². The number of rotatable bonds is 9. The largest absolute Gasteiger partial charge is 0.350 e. The lowest BCUT2D eigenvalue weighted by Gasteiger charge is -2.33. The molecule has 2 amide bonds. The molecular weight excluding hydrogens is 593 g/mol. The second-order valence-corrected chi connectivity index (χ2v) is 13.6. The molecule has 3 aromatic rings. The first kappa shape index (κ1) is 31.7. The highest BCUT2D eigenvalue weighted by molar-refractivity contribution is 7.92. The van der Waals surface area contributed by atoms with Crippen LogP contribution < -0.4 is 9.62 Å². The average Bonchev–Trinajstić information content (AvgIpc) is 2.87. The van der Waals surface area contributed by atoms with Gasteiger partial charge in [0.25, 0.3) is 10.0 Å². The fourth-order valence-electron chi connectivity index (χ4n) is 3.86. The summed E-state index contributed by atoms with van der Waals surface area (Å²) in [6.45, 7) is 8.42. The van der Waals surface area contributed by atoms with Crippen LogP contribution in [0.3, 0.4) is 0 Å². The molecular formula is C29H32Cl3N3O4S. The van der Waals surface area contributed by atoms with E-state index in [4.69, 9.17) is 34.8 Å². The van der Waals surface area contributed by atoms with E-state index >= 15 is 0 Å². The molecule has 0 aliphatic rings. The summed E-state index contributed by atoms with van der Waals surface area (Å²) < 4.78 is 28.7. The first-order valence-electron chi connectivity index (χ1n) is 12.5. The van der Waals surface area contributed by atoms with Gasteiger partial charge in [0.1, 0.15) is 12.6 Å². The normalized spacial score (nSPS) is 12.5. The number of amides is 2. The fraction of sp³-hybridized carbons (Fsp3) is 0.310. The molecule has 7 nitrogen and oxygen atoms in total. The lowest BCUT2D eigenvalue weighted by molar-refractivity contribution is -0.140. The Morgan fingerprint density at radius 1 is 0.900 bits per heavy atom. The van der Waals surface area contributed by atoms with Gasteiger partial charge in [0, 0.05) is 17.1 Å². The van der Waals surface area contributed by atoms with Crippen molar-refractivity contribution in [2.24, 2.45) is 0 Å². The lowest BCUT2D eigenvalue weighted by atomic mass is 10.1. The molecule has 0 unspecified atom stereocenters. The van der Waals surface area contributed by atoms with Crippen LogP contribution >= 0.6 is 34.8 Å². The topological polar surface area (TPSA) is 86.8 Å². The van der Waals surface area contributed by atoms with E-state index in [1.54, 1.807) is 49.4 Å². The zero-order valence-electron chi connectivity index (χ0n) is 22.9. The number of benzene rings is 3. The zero-order chi connectivity index (χ0) is 29.8. The van der Waals surface area contributed by atoms with Gasteiger partial charge in [0.2, 0.25) is 11.8 Å². The Labute approximate surface area is 251 Å². The maximum absolute atomic E-state index is 14.0. The van der Waals surface area contributed by atoms with Gasteiger partial charge in [-0.3, -0.25) is 13.9 Å². The lowest BCUT2D eigenvalue weighted by Crippen LogP contribution is -2.54. The first-order chi connectivity index (χ1) is 18.6. The van der Waals surface area contributed by atoms with Crippen LogP contribution in [0.2, 0.25) is 15.1 Å². The summed E-state index contributed by atoms with van der Waals surface area (Å²) in [5.74, 6) is -0.968. The molecule has 1 N–H and O–H groups in total. The number of halogens is 3. The number of carbonyl (C=O) groups is 2. The molecule has 40 heavy (non-hydrogen) atoms. The Balaban J connectivity index is 2.04. The predicted octanol–water partition coefficient (Wildman–Crippen LogP) is 6.48. The maximum Gasteiger partial charge on any atom is 0.264 e. The van der Waals surface area contributed by atoms with Crippen molar-refractivity contribution in [2.45, 2.75) is 57.6 Å². The molecule has 0 saturated heterocycles. The Kier molecular flexibility index (Phi) is 10.2. The highest BCUT2D eigenvalue weighted by atomic mass is 35.5. The van der Waals surface area contributed by atoms with Crippen LogP contribution in [-0.4, -0.2) is 43.3 Å². The SMILES string of the molecule is Cc1ccc(N(CC(=O)N(Cc2ccc(Cl)c(Cl)c2)[C@@H](C)C(=O)NC(C)(C)C)S(=O)(=O)c2ccc(Cl)cc2)cc1. The average molecular weight is 625 g/mol. The molecule has 3 aromatic carbocycles. The Morgan fingerprint density at radius 2 is 1.50 bits per heavy atom. The van der Waals surface area contributed by atoms with Crippen LogP contribution in [0.4, 0.5) is 5.69 Å². The van der Waals surface area contributed by atoms with Gasteiger partial charge in [0.05, 0.1) is 20.6 Å². The van der Waals surface area contributed by atoms with E-state index in [0.717, 1.165) is 9.87 Å². The summed E-state index contributed by atoms with van der Waals surface area (Å²) in [5.41, 5.74) is 1.30. The van der Waals surface area contributed by atoms with E-state index in [1.807, 2.05) is 27.7 Å². The van der Waals surface area contributed by atoms with E-state index in [2.05, 4.69) is 5.32 Å². The minimum absolute atomic E-state index is 0.00280. The standard InChI is InChI=1S/C29H32Cl3N3O4S/c1-19-6-11-23(12-7-19)35(40(38,39)24-13-9-22(30)10-14-24)18-27(36)34(20(2)28(37)33-29(3,4)5)17-21-8-15-25(31)26(32)16-21/h6-16,20H,17-18H2,1-5H3,(H,33,37)/t20-/m0/s1. The summed E-state index contributed by atoms with van der Waals surface area (Å²) in [4.78, 5) is 28.4. The van der Waals surface area contributed by atoms with Crippen LogP contribution in [0.1, 0.15) is 38.8 Å². The van der Waals surface area contributed by atoms with Crippen LogP contribution in [0, 0.1) is 6.92 Å². The molecule has 0 aromatic heterocycles. The number of nitrogens with zero attached hydrogens (tertiary/aromatic N) is 2. The number of anilines is 1. The van der Waals surface area contributed by atoms with Gasteiger partial charge in [-0.05, 0) is 88.7 Å². The summed E-state index contributed by atoms with van der Waals surface area (Å²) in [6.07, 6.45) is 0. The van der Waals surface area contributed by atoms with Crippen molar-refractivity contribution in [1.82, 2.24) is 10.2 Å². The fourth-order valence-corrected chi connectivity index (χ4v) is 5.73. The van der Waals surface area contributed by atoms with Crippen molar-refractivity contribution in [3.8, 4) is 0 Å². The third-order valence-electron chi connectivity index (χ3n) is 6.00. The van der Waals surface area contributed by atoms with Gasteiger partial charge >= 0.3 is 0 Å². The zero-order valence-corrected chi connectivity index (χ0v) is 26.0. The molecule has 0 radical (unpaired) electrons. The molecule has 0 bridgehead atoms. The highest BCUT2D eigenvalue weighted by Crippen LogP contribution is 2.27. The molecule has 0 aliphatic carbocycles. The minimum atomic E-state index is -4.18. The second kappa shape index (κ2) is 12.8. The summed E-state index contributed by atoms with van der Waals surface area (Å²) in [6, 6.07) is 16.5. The van der Waals surface area contributed by atoms with E-state index in [0.29, 0.717) is 26.3 Å². The van der Waals surface area contributed by atoms with Gasteiger partial charge in [-0.2, -0.15) is 0 Å². The number of aryl methyl sites for hydroxylation is 1. The summed E-state index contributed by atoms with van der Waals surface area (Å²) in [7, 11) is -4.18. The van der Waals surface area contributed by atoms with Gasteiger partial charge in [-0.15, -0.1) is 0 Å². The molecule has 0 saturated carbocycles. The van der Waals surface area contributed by atoms with Crippen molar-refractivity contribution < 1.29 is 18.0 Å². The number of nitrogens with one attached hydrogen (secondary N) is 1. The Morgan fingerprint density at radius 3 is 2.05 bits per heavy atom. The second-order valence-electron chi connectivity index (χ2n) is 10.5. The molecule has 0 fully saturated rings. The van der Waals surface area contributed by atoms with Gasteiger partial charge in [-0.1, -0.05) is 58.6 Å². The molecule has 3 rings (SSSR count). The van der Waals surface area contributed by atoms with Crippen LogP contribution in [0.5, 0.6) is 0 Å². The van der Waals surface area contributed by atoms with Gasteiger partial charge < -0.3 is 10.2 Å². The minimum Gasteiger partial charge on any atom is -0.350 e. The quantitative estimate of drug-likeness (QED) is 0.295. The van der Waals surface area contributed by atoms with Crippen molar-refractivity contribution >= 4 is 62.3 Å². The monoisotopic (exact) mass is 623 g/mol. The van der Waals surface area contributed by atoms with E-state index in [1.165, 1.54) is 29.2 Å². The molecule has 0 heterocycles. The number of carbonyl (C=O) groups excluding carboxylic acids is 2. The Hall–Kier alpha value is -2.78. The summed E-state index contributed by atoms with van der Waals surface area (Å²) >= 11 is 18.3. The molecule has 0 aliphatic heterocycles. The summed E-state index contributed by atoms with van der Waals surface area (Å²) in [5, 5.41) is 3.91. The number of sulfonamides is 1. The van der Waals surface area contributed by atoms with E-state index < -0.39 is 34.1 Å². The third-order valence-corrected chi connectivity index (χ3v) is 8.78. The Bertz CT molecular complexity index is 1470. The first-order valence-corrected chi connectivity index (χ1v) is 15.1. The molecule has 11 heteroatoms. The van der Waals surface area contributed by atoms with Crippen LogP contribution in [0.25, 0.3) is 0 Å². The van der Waals surface area contributed by atoms with Crippen molar-refractivity contribution in [3.63, 3.8) is 0 Å². The smallest absolute Gasteiger partial charge is 0.264 e. The molecule has 1 atom stereocenters. The van der Waals surface area contributed by atoms with Gasteiger partial charge in [-0.25, -0.2) is 8.42 Å². The highest BCUT2D eigenvalue weighted by Gasteiger charge is 2.33. The molecule has 0 spiro atoms. The predicted molar refractivity (Wildman–Crippen MR) is 162 cm³/mol.